The highest BCUT2D eigenvalue weighted by Gasteiger charge is 2.30. The molecule has 140 valence electrons. The van der Waals surface area contributed by atoms with Crippen LogP contribution in [0.15, 0.2) is 24.3 Å². The molecule has 2 atom stereocenters. The number of carbonyl (C=O) groups excluding carboxylic acids is 1. The Morgan fingerprint density at radius 2 is 2.00 bits per heavy atom. The van der Waals surface area contributed by atoms with E-state index in [0.717, 1.165) is 6.42 Å². The van der Waals surface area contributed by atoms with Crippen LogP contribution in [0.25, 0.3) is 0 Å². The molecule has 1 amide bonds. The maximum Gasteiger partial charge on any atom is 0.255 e. The molecule has 0 saturated heterocycles. The molecule has 0 radical (unpaired) electrons. The van der Waals surface area contributed by atoms with Gasteiger partial charge in [0.15, 0.2) is 6.10 Å². The lowest BCUT2D eigenvalue weighted by molar-refractivity contribution is -0.132. The van der Waals surface area contributed by atoms with Crippen LogP contribution in [0.2, 0.25) is 0 Å². The van der Waals surface area contributed by atoms with E-state index in [2.05, 4.69) is 5.32 Å². The molecule has 0 spiro atoms. The third kappa shape index (κ3) is 6.33. The number of hydrogen-bond acceptors (Lipinski definition) is 4. The van der Waals surface area contributed by atoms with Crippen molar-refractivity contribution >= 4 is 11.6 Å². The first kappa shape index (κ1) is 19.7. The predicted molar refractivity (Wildman–Crippen MR) is 101 cm³/mol. The lowest BCUT2D eigenvalue weighted by atomic mass is 9.84. The van der Waals surface area contributed by atoms with Crippen molar-refractivity contribution in [2.45, 2.75) is 70.6 Å². The second-order valence-electron chi connectivity index (χ2n) is 7.23. The Kier molecular flexibility index (Phi) is 7.72. The van der Waals surface area contributed by atoms with Crippen molar-refractivity contribution in [3.63, 3.8) is 0 Å². The van der Waals surface area contributed by atoms with Gasteiger partial charge in [-0.2, -0.15) is 0 Å². The van der Waals surface area contributed by atoms with Gasteiger partial charge in [0.2, 0.25) is 0 Å². The molecule has 0 aromatic heterocycles. The van der Waals surface area contributed by atoms with Crippen molar-refractivity contribution in [1.29, 1.82) is 0 Å². The van der Waals surface area contributed by atoms with Crippen LogP contribution in [-0.4, -0.2) is 31.3 Å². The minimum Gasteiger partial charge on any atom is -0.497 e. The average Bonchev–Trinajstić information content (AvgIpc) is 2.60. The van der Waals surface area contributed by atoms with Gasteiger partial charge < -0.3 is 20.5 Å². The van der Waals surface area contributed by atoms with Gasteiger partial charge in [-0.1, -0.05) is 38.2 Å². The van der Waals surface area contributed by atoms with Gasteiger partial charge in [0.05, 0.1) is 13.2 Å². The lowest BCUT2D eigenvalue weighted by Crippen LogP contribution is -2.47. The first-order valence-electron chi connectivity index (χ1n) is 9.35. The van der Waals surface area contributed by atoms with E-state index in [1.165, 1.54) is 32.1 Å². The number of nitrogens with two attached hydrogens (primary N) is 1. The van der Waals surface area contributed by atoms with Gasteiger partial charge in [0.25, 0.3) is 5.91 Å². The van der Waals surface area contributed by atoms with Crippen LogP contribution >= 0.6 is 0 Å². The summed E-state index contributed by atoms with van der Waals surface area (Å²) >= 11 is 0. The summed E-state index contributed by atoms with van der Waals surface area (Å²) in [5, 5.41) is 2.92. The second kappa shape index (κ2) is 9.78. The molecule has 0 aliphatic heterocycles. The number of hydrogen-bond donors (Lipinski definition) is 2. The van der Waals surface area contributed by atoms with Crippen LogP contribution in [-0.2, 0) is 9.53 Å². The molecule has 1 aliphatic rings. The van der Waals surface area contributed by atoms with E-state index in [4.69, 9.17) is 15.2 Å². The first-order valence-corrected chi connectivity index (χ1v) is 9.35. The molecule has 2 rings (SSSR count). The van der Waals surface area contributed by atoms with Crippen LogP contribution in [0, 0.1) is 5.92 Å². The van der Waals surface area contributed by atoms with Crippen molar-refractivity contribution in [2.75, 3.05) is 12.4 Å². The highest BCUT2D eigenvalue weighted by Crippen LogP contribution is 2.28. The number of ether oxygens (including phenoxy) is 2. The van der Waals surface area contributed by atoms with Gasteiger partial charge in [-0.3, -0.25) is 4.79 Å². The third-order valence-electron chi connectivity index (χ3n) is 4.73. The van der Waals surface area contributed by atoms with Gasteiger partial charge >= 0.3 is 0 Å². The average molecular weight is 348 g/mol. The van der Waals surface area contributed by atoms with Crippen LogP contribution < -0.4 is 15.8 Å². The van der Waals surface area contributed by atoms with Crippen LogP contribution in [0.3, 0.4) is 0 Å². The minimum absolute atomic E-state index is 0.0570. The highest BCUT2D eigenvalue weighted by molar-refractivity contribution is 5.94. The first-order chi connectivity index (χ1) is 12.0. The summed E-state index contributed by atoms with van der Waals surface area (Å²) in [5.74, 6) is 1.11. The predicted octanol–water partition coefficient (Wildman–Crippen LogP) is 3.73. The fraction of sp³-hybridized carbons (Fsp3) is 0.650. The Hall–Kier alpha value is -1.59. The third-order valence-corrected chi connectivity index (χ3v) is 4.73. The number of anilines is 1. The molecule has 2 unspecified atom stereocenters. The maximum atomic E-state index is 12.8. The van der Waals surface area contributed by atoms with E-state index in [9.17, 15) is 4.79 Å². The molecule has 1 aromatic carbocycles. The van der Waals surface area contributed by atoms with Crippen molar-refractivity contribution in [3.05, 3.63) is 24.3 Å². The molecular formula is C20H32N2O3. The summed E-state index contributed by atoms with van der Waals surface area (Å²) in [5.41, 5.74) is 7.08. The number of methoxy groups -OCH3 is 1. The van der Waals surface area contributed by atoms with Gasteiger partial charge in [-0.05, 0) is 38.3 Å². The summed E-state index contributed by atoms with van der Waals surface area (Å²) in [6, 6.07) is 7.01. The topological polar surface area (TPSA) is 73.6 Å². The van der Waals surface area contributed by atoms with E-state index in [1.54, 1.807) is 13.2 Å². The molecule has 1 saturated carbocycles. The van der Waals surface area contributed by atoms with Crippen molar-refractivity contribution < 1.29 is 14.3 Å². The summed E-state index contributed by atoms with van der Waals surface area (Å²) in [6.07, 6.45) is 6.40. The zero-order valence-electron chi connectivity index (χ0n) is 15.7. The molecule has 1 aliphatic carbocycles. The number of benzene rings is 1. The summed E-state index contributed by atoms with van der Waals surface area (Å²) in [4.78, 5) is 12.8. The Morgan fingerprint density at radius 1 is 1.28 bits per heavy atom. The number of nitrogens with one attached hydrogen (secondary N) is 1. The summed E-state index contributed by atoms with van der Waals surface area (Å²) in [6.45, 7) is 3.86. The molecule has 5 nitrogen and oxygen atoms in total. The largest absolute Gasteiger partial charge is 0.497 e. The van der Waals surface area contributed by atoms with E-state index < -0.39 is 6.10 Å². The number of rotatable bonds is 8. The van der Waals surface area contributed by atoms with Crippen molar-refractivity contribution in [3.8, 4) is 5.75 Å². The fourth-order valence-corrected chi connectivity index (χ4v) is 3.50. The van der Waals surface area contributed by atoms with Crippen molar-refractivity contribution in [1.82, 2.24) is 0 Å². The SMILES string of the molecule is COc1cccc(NC(=O)C(OC(C)C)C(N)CC2CCCCC2)c1. The maximum absolute atomic E-state index is 12.8. The van der Waals surface area contributed by atoms with Gasteiger partial charge in [-0.25, -0.2) is 0 Å². The molecule has 3 N–H and O–H groups in total. The Balaban J connectivity index is 2.02. The molecule has 0 heterocycles. The van der Waals surface area contributed by atoms with Crippen molar-refractivity contribution in [2.24, 2.45) is 11.7 Å². The van der Waals surface area contributed by atoms with E-state index in [-0.39, 0.29) is 18.1 Å². The van der Waals surface area contributed by atoms with Crippen LogP contribution in [0.4, 0.5) is 5.69 Å². The molecule has 0 bridgehead atoms. The summed E-state index contributed by atoms with van der Waals surface area (Å²) < 4.78 is 11.1. The lowest BCUT2D eigenvalue weighted by Gasteiger charge is -2.30. The van der Waals surface area contributed by atoms with Gasteiger partial charge in [-0.15, -0.1) is 0 Å². The summed E-state index contributed by atoms with van der Waals surface area (Å²) in [7, 11) is 1.60. The monoisotopic (exact) mass is 348 g/mol. The standard InChI is InChI=1S/C20H32N2O3/c1-14(2)25-19(18(21)12-15-8-5-4-6-9-15)20(23)22-16-10-7-11-17(13-16)24-3/h7,10-11,13-15,18-19H,4-6,8-9,12,21H2,1-3H3,(H,22,23). The van der Waals surface area contributed by atoms with E-state index in [1.807, 2.05) is 32.0 Å². The quantitative estimate of drug-likeness (QED) is 0.751. The fourth-order valence-electron chi connectivity index (χ4n) is 3.50. The van der Waals surface area contributed by atoms with Crippen LogP contribution in [0.1, 0.15) is 52.4 Å². The van der Waals surface area contributed by atoms with E-state index in [0.29, 0.717) is 17.4 Å². The Labute approximate surface area is 151 Å². The molecule has 25 heavy (non-hydrogen) atoms. The Bertz CT molecular complexity index is 541. The normalized spacial score (nSPS) is 18.0. The van der Waals surface area contributed by atoms with Crippen LogP contribution in [0.5, 0.6) is 5.75 Å². The van der Waals surface area contributed by atoms with Gasteiger partial charge in [0.1, 0.15) is 5.75 Å². The second-order valence-corrected chi connectivity index (χ2v) is 7.23. The van der Waals surface area contributed by atoms with Gasteiger partial charge in [0, 0.05) is 17.8 Å². The minimum atomic E-state index is -0.645. The zero-order valence-corrected chi connectivity index (χ0v) is 15.7. The molecule has 5 heteroatoms. The Morgan fingerprint density at radius 3 is 2.64 bits per heavy atom. The molecule has 1 fully saturated rings. The number of carbonyl (C=O) groups is 1. The highest BCUT2D eigenvalue weighted by atomic mass is 16.5. The number of amides is 1. The molecular weight excluding hydrogens is 316 g/mol. The van der Waals surface area contributed by atoms with E-state index >= 15 is 0 Å². The smallest absolute Gasteiger partial charge is 0.255 e. The molecule has 1 aromatic rings. The zero-order chi connectivity index (χ0) is 18.2.